The molecule has 2 aromatic rings. The van der Waals surface area contributed by atoms with E-state index in [9.17, 15) is 4.79 Å². The normalized spacial score (nSPS) is 15.1. The van der Waals surface area contributed by atoms with Gasteiger partial charge in [0.2, 0.25) is 0 Å². The first-order valence-electron chi connectivity index (χ1n) is 7.65. The van der Waals surface area contributed by atoms with E-state index in [1.807, 2.05) is 30.3 Å². The van der Waals surface area contributed by atoms with Crippen molar-refractivity contribution in [1.82, 2.24) is 5.16 Å². The Morgan fingerprint density at radius 2 is 1.96 bits per heavy atom. The first-order valence-corrected chi connectivity index (χ1v) is 7.65. The molecule has 0 radical (unpaired) electrons. The largest absolute Gasteiger partial charge is 0.369 e. The molecule has 23 heavy (non-hydrogen) atoms. The number of hydrogen-bond donors (Lipinski definition) is 0. The predicted molar refractivity (Wildman–Crippen MR) is 80.7 cm³/mol. The molecular formula is C17H19NO5. The summed E-state index contributed by atoms with van der Waals surface area (Å²) in [5.74, 6) is 0.458. The summed E-state index contributed by atoms with van der Waals surface area (Å²) in [7, 11) is 0. The minimum Gasteiger partial charge on any atom is -0.369 e. The van der Waals surface area contributed by atoms with Gasteiger partial charge in [-0.15, -0.1) is 0 Å². The summed E-state index contributed by atoms with van der Waals surface area (Å²) in [6, 6.07) is 11.5. The van der Waals surface area contributed by atoms with Crippen molar-refractivity contribution in [3.05, 3.63) is 53.4 Å². The predicted octanol–water partition coefficient (Wildman–Crippen LogP) is 2.73. The molecule has 3 rings (SSSR count). The summed E-state index contributed by atoms with van der Waals surface area (Å²) in [6.07, 6.45) is 0.576. The number of carbonyl (C=O) groups is 1. The Hall–Kier alpha value is -2.02. The lowest BCUT2D eigenvalue weighted by Gasteiger charge is -2.06. The number of ketones is 1. The fraction of sp³-hybridized carbons (Fsp3) is 0.412. The van der Waals surface area contributed by atoms with Crippen molar-refractivity contribution in [2.24, 2.45) is 0 Å². The zero-order valence-electron chi connectivity index (χ0n) is 12.8. The lowest BCUT2D eigenvalue weighted by molar-refractivity contribution is -0.0464. The van der Waals surface area contributed by atoms with Crippen LogP contribution in [-0.4, -0.2) is 30.4 Å². The molecule has 1 aliphatic heterocycles. The number of nitrogens with zero attached hydrogens (tertiary/aromatic N) is 1. The summed E-state index contributed by atoms with van der Waals surface area (Å²) >= 11 is 0. The molecule has 0 aliphatic carbocycles. The highest BCUT2D eigenvalue weighted by atomic mass is 16.7. The summed E-state index contributed by atoms with van der Waals surface area (Å²) in [4.78, 5) is 12.0. The van der Waals surface area contributed by atoms with Crippen molar-refractivity contribution in [3.63, 3.8) is 0 Å². The van der Waals surface area contributed by atoms with Crippen LogP contribution in [-0.2, 0) is 27.4 Å². The topological polar surface area (TPSA) is 70.8 Å². The molecule has 6 nitrogen and oxygen atoms in total. The quantitative estimate of drug-likeness (QED) is 0.697. The molecule has 0 bridgehead atoms. The second-order valence-corrected chi connectivity index (χ2v) is 5.29. The van der Waals surface area contributed by atoms with Gasteiger partial charge in [0.15, 0.2) is 17.8 Å². The van der Waals surface area contributed by atoms with Gasteiger partial charge in [-0.2, -0.15) is 0 Å². The van der Waals surface area contributed by atoms with Crippen LogP contribution in [0.3, 0.4) is 0 Å². The van der Waals surface area contributed by atoms with Gasteiger partial charge in [-0.3, -0.25) is 4.79 Å². The van der Waals surface area contributed by atoms with Crippen molar-refractivity contribution in [2.75, 3.05) is 13.2 Å². The second kappa shape index (κ2) is 8.01. The molecule has 122 valence electrons. The van der Waals surface area contributed by atoms with E-state index in [0.29, 0.717) is 44.1 Å². The van der Waals surface area contributed by atoms with E-state index in [0.717, 1.165) is 5.56 Å². The number of Topliss-reactive ketones (excluding diaryl/α,β-unsaturated/α-hetero) is 1. The Balaban J connectivity index is 1.42. The molecule has 2 heterocycles. The minimum absolute atomic E-state index is 0.0813. The van der Waals surface area contributed by atoms with Crippen LogP contribution in [0.1, 0.15) is 34.7 Å². The molecule has 6 heteroatoms. The number of hydrogen-bond acceptors (Lipinski definition) is 6. The summed E-state index contributed by atoms with van der Waals surface area (Å²) < 4.78 is 21.3. The lowest BCUT2D eigenvalue weighted by atomic mass is 10.1. The van der Waals surface area contributed by atoms with Crippen molar-refractivity contribution < 1.29 is 23.5 Å². The van der Waals surface area contributed by atoms with E-state index in [-0.39, 0.29) is 18.7 Å². The van der Waals surface area contributed by atoms with E-state index in [4.69, 9.17) is 18.7 Å². The number of aromatic nitrogens is 1. The Morgan fingerprint density at radius 1 is 1.17 bits per heavy atom. The van der Waals surface area contributed by atoms with Crippen LogP contribution in [0.2, 0.25) is 0 Å². The van der Waals surface area contributed by atoms with Gasteiger partial charge >= 0.3 is 0 Å². The maximum atomic E-state index is 12.0. The van der Waals surface area contributed by atoms with Gasteiger partial charge in [0.25, 0.3) is 0 Å². The third-order valence-electron chi connectivity index (χ3n) is 3.50. The Bertz CT molecular complexity index is 619. The monoisotopic (exact) mass is 317 g/mol. The van der Waals surface area contributed by atoms with E-state index in [2.05, 4.69) is 5.16 Å². The maximum absolute atomic E-state index is 12.0. The van der Waals surface area contributed by atoms with Gasteiger partial charge in [-0.1, -0.05) is 35.5 Å². The number of ether oxygens (including phenoxy) is 3. The molecular weight excluding hydrogens is 298 g/mol. The number of rotatable bonds is 8. The van der Waals surface area contributed by atoms with Crippen LogP contribution < -0.4 is 0 Å². The highest BCUT2D eigenvalue weighted by molar-refractivity contribution is 5.94. The summed E-state index contributed by atoms with van der Waals surface area (Å²) in [6.45, 7) is 1.95. The van der Waals surface area contributed by atoms with Crippen molar-refractivity contribution in [1.29, 1.82) is 0 Å². The molecule has 1 aromatic carbocycles. The average molecular weight is 317 g/mol. The molecule has 0 atom stereocenters. The van der Waals surface area contributed by atoms with Crippen LogP contribution in [0.5, 0.6) is 0 Å². The first-order chi connectivity index (χ1) is 11.3. The SMILES string of the molecule is O=C(CCC1OCCO1)c1cc(COCc2ccccc2)on1. The van der Waals surface area contributed by atoms with Gasteiger partial charge in [-0.25, -0.2) is 0 Å². The van der Waals surface area contributed by atoms with Crippen molar-refractivity contribution in [3.8, 4) is 0 Å². The minimum atomic E-state index is -0.278. The highest BCUT2D eigenvalue weighted by Crippen LogP contribution is 2.14. The first kappa shape index (κ1) is 15.9. The van der Waals surface area contributed by atoms with E-state index >= 15 is 0 Å². The Labute approximate surface area is 134 Å². The number of benzene rings is 1. The third kappa shape index (κ3) is 4.72. The van der Waals surface area contributed by atoms with E-state index in [1.165, 1.54) is 0 Å². The fourth-order valence-electron chi connectivity index (χ4n) is 2.31. The maximum Gasteiger partial charge on any atom is 0.184 e. The summed E-state index contributed by atoms with van der Waals surface area (Å²) in [5.41, 5.74) is 1.40. The van der Waals surface area contributed by atoms with Gasteiger partial charge in [0.1, 0.15) is 12.3 Å². The lowest BCUT2D eigenvalue weighted by Crippen LogP contribution is -2.10. The second-order valence-electron chi connectivity index (χ2n) is 5.29. The van der Waals surface area contributed by atoms with Gasteiger partial charge in [-0.05, 0) is 5.56 Å². The van der Waals surface area contributed by atoms with Crippen LogP contribution in [0.4, 0.5) is 0 Å². The Morgan fingerprint density at radius 3 is 2.74 bits per heavy atom. The Kier molecular flexibility index (Phi) is 5.52. The molecule has 1 fully saturated rings. The zero-order valence-corrected chi connectivity index (χ0v) is 12.8. The van der Waals surface area contributed by atoms with Gasteiger partial charge in [0.05, 0.1) is 19.8 Å². The molecule has 1 aliphatic rings. The molecule has 1 aromatic heterocycles. The van der Waals surface area contributed by atoms with Crippen LogP contribution in [0, 0.1) is 0 Å². The van der Waals surface area contributed by atoms with Gasteiger partial charge in [0, 0.05) is 18.9 Å². The van der Waals surface area contributed by atoms with Crippen LogP contribution in [0.15, 0.2) is 40.9 Å². The molecule has 0 unspecified atom stereocenters. The van der Waals surface area contributed by atoms with Crippen LogP contribution >= 0.6 is 0 Å². The molecule has 0 saturated carbocycles. The van der Waals surface area contributed by atoms with Crippen LogP contribution in [0.25, 0.3) is 0 Å². The fourth-order valence-corrected chi connectivity index (χ4v) is 2.31. The highest BCUT2D eigenvalue weighted by Gasteiger charge is 2.19. The van der Waals surface area contributed by atoms with E-state index < -0.39 is 0 Å². The zero-order chi connectivity index (χ0) is 15.9. The molecule has 0 amide bonds. The molecule has 0 N–H and O–H groups in total. The molecule has 1 saturated heterocycles. The van der Waals surface area contributed by atoms with Crippen molar-refractivity contribution >= 4 is 5.78 Å². The summed E-state index contributed by atoms with van der Waals surface area (Å²) in [5, 5.41) is 3.80. The standard InChI is InChI=1S/C17H19NO5/c19-16(6-7-17-21-8-9-22-17)15-10-14(23-18-15)12-20-11-13-4-2-1-3-5-13/h1-5,10,17H,6-9,11-12H2. The van der Waals surface area contributed by atoms with Gasteiger partial charge < -0.3 is 18.7 Å². The average Bonchev–Trinajstić information content (AvgIpc) is 3.25. The third-order valence-corrected chi connectivity index (χ3v) is 3.50. The molecule has 0 spiro atoms. The smallest absolute Gasteiger partial charge is 0.184 e. The van der Waals surface area contributed by atoms with E-state index in [1.54, 1.807) is 6.07 Å². The van der Waals surface area contributed by atoms with Crippen molar-refractivity contribution in [2.45, 2.75) is 32.3 Å². The number of carbonyl (C=O) groups excluding carboxylic acids is 1.